The molecule has 0 unspecified atom stereocenters. The Balaban J connectivity index is 3.75. The molecular weight excluding hydrogens is 492 g/mol. The second kappa shape index (κ2) is 28.8. The van der Waals surface area contributed by atoms with E-state index >= 15 is 0 Å². The van der Waals surface area contributed by atoms with Gasteiger partial charge >= 0.3 is 11.9 Å². The number of ether oxygens (including phenoxy) is 2. The first-order chi connectivity index (χ1) is 19.0. The molecule has 0 heterocycles. The lowest BCUT2D eigenvalue weighted by Gasteiger charge is -2.15. The summed E-state index contributed by atoms with van der Waals surface area (Å²) in [6.07, 6.45) is 31.7. The van der Waals surface area contributed by atoms with Gasteiger partial charge < -0.3 is 19.7 Å². The average molecular weight is 549 g/mol. The zero-order chi connectivity index (χ0) is 28.8. The minimum absolute atomic E-state index is 0.0967. The molecule has 6 nitrogen and oxygen atoms in total. The summed E-state index contributed by atoms with van der Waals surface area (Å²) in [7, 11) is 0. The van der Waals surface area contributed by atoms with E-state index < -0.39 is 6.10 Å². The third kappa shape index (κ3) is 28.6. The third-order valence-electron chi connectivity index (χ3n) is 6.14. The van der Waals surface area contributed by atoms with E-state index in [9.17, 15) is 19.8 Å². The van der Waals surface area contributed by atoms with Gasteiger partial charge in [-0.15, -0.1) is 0 Å². The molecule has 0 aliphatic heterocycles. The van der Waals surface area contributed by atoms with E-state index in [0.717, 1.165) is 64.2 Å². The van der Waals surface area contributed by atoms with Gasteiger partial charge in [-0.25, -0.2) is 0 Å². The molecule has 0 saturated carbocycles. The molecule has 2 atom stereocenters. The van der Waals surface area contributed by atoms with Crippen molar-refractivity contribution in [3.05, 3.63) is 48.6 Å². The number of hydrogen-bond donors (Lipinski definition) is 2. The molecule has 0 aromatic heterocycles. The Labute approximate surface area is 238 Å². The van der Waals surface area contributed by atoms with Crippen LogP contribution in [0.4, 0.5) is 0 Å². The maximum atomic E-state index is 12.0. The van der Waals surface area contributed by atoms with Crippen molar-refractivity contribution in [1.29, 1.82) is 0 Å². The fraction of sp³-hybridized carbons (Fsp3) is 0.697. The highest BCUT2D eigenvalue weighted by Gasteiger charge is 2.15. The van der Waals surface area contributed by atoms with Crippen molar-refractivity contribution in [3.8, 4) is 0 Å². The van der Waals surface area contributed by atoms with E-state index in [0.29, 0.717) is 12.8 Å². The van der Waals surface area contributed by atoms with Crippen molar-refractivity contribution in [2.75, 3.05) is 13.2 Å². The average Bonchev–Trinajstić information content (AvgIpc) is 2.92. The Bertz CT molecular complexity index is 692. The summed E-state index contributed by atoms with van der Waals surface area (Å²) in [6, 6.07) is 0. The molecule has 0 aromatic rings. The van der Waals surface area contributed by atoms with Crippen molar-refractivity contribution in [3.63, 3.8) is 0 Å². The van der Waals surface area contributed by atoms with Crippen LogP contribution < -0.4 is 0 Å². The molecule has 0 radical (unpaired) electrons. The summed E-state index contributed by atoms with van der Waals surface area (Å²) in [4.78, 5) is 23.9. The van der Waals surface area contributed by atoms with Crippen molar-refractivity contribution in [2.45, 2.75) is 135 Å². The number of allylic oxidation sites excluding steroid dienone is 8. The SMILES string of the molecule is CCCCCCCCCC(=O)OC[C@H](CO)OC(=O)CCC/C=C\C/C=C\C/C=C\C/C=C\CCC[C@H](C)O. The number of carbonyl (C=O) groups excluding carboxylic acids is 2. The highest BCUT2D eigenvalue weighted by molar-refractivity contribution is 5.70. The molecule has 0 aromatic carbocycles. The molecule has 0 aliphatic rings. The molecule has 224 valence electrons. The van der Waals surface area contributed by atoms with Crippen LogP contribution in [-0.4, -0.2) is 47.6 Å². The van der Waals surface area contributed by atoms with E-state index in [2.05, 4.69) is 55.5 Å². The van der Waals surface area contributed by atoms with Gasteiger partial charge in [-0.05, 0) is 64.7 Å². The Kier molecular flexibility index (Phi) is 27.2. The van der Waals surface area contributed by atoms with Gasteiger partial charge in [0, 0.05) is 12.8 Å². The number of aliphatic hydroxyl groups excluding tert-OH is 2. The largest absolute Gasteiger partial charge is 0.462 e. The predicted molar refractivity (Wildman–Crippen MR) is 160 cm³/mol. The maximum Gasteiger partial charge on any atom is 0.306 e. The Morgan fingerprint density at radius 3 is 1.77 bits per heavy atom. The van der Waals surface area contributed by atoms with Crippen LogP contribution in [0.25, 0.3) is 0 Å². The van der Waals surface area contributed by atoms with Crippen LogP contribution in [0.1, 0.15) is 123 Å². The van der Waals surface area contributed by atoms with Gasteiger partial charge in [-0.3, -0.25) is 9.59 Å². The van der Waals surface area contributed by atoms with Crippen LogP contribution in [0.2, 0.25) is 0 Å². The number of carbonyl (C=O) groups is 2. The lowest BCUT2D eigenvalue weighted by molar-refractivity contribution is -0.161. The molecule has 0 spiro atoms. The summed E-state index contributed by atoms with van der Waals surface area (Å²) in [5, 5.41) is 18.6. The molecule has 2 N–H and O–H groups in total. The van der Waals surface area contributed by atoms with E-state index in [1.165, 1.54) is 25.7 Å². The second-order valence-corrected chi connectivity index (χ2v) is 10.1. The molecule has 0 aliphatic carbocycles. The quantitative estimate of drug-likeness (QED) is 0.0654. The number of aliphatic hydroxyl groups is 2. The molecule has 0 fully saturated rings. The Morgan fingerprint density at radius 2 is 1.21 bits per heavy atom. The van der Waals surface area contributed by atoms with Crippen LogP contribution in [0.3, 0.4) is 0 Å². The van der Waals surface area contributed by atoms with Crippen LogP contribution in [0.5, 0.6) is 0 Å². The summed E-state index contributed by atoms with van der Waals surface area (Å²) < 4.78 is 10.4. The second-order valence-electron chi connectivity index (χ2n) is 10.1. The van der Waals surface area contributed by atoms with E-state index in [1.807, 2.05) is 6.92 Å². The standard InChI is InChI=1S/C33H56O6/c1-3-4-5-6-16-20-23-26-32(36)38-29-31(28-34)39-33(37)27-24-21-18-15-13-11-9-7-8-10-12-14-17-19-22-25-30(2)35/h8-11,14-15,17-18,30-31,34-35H,3-7,12-13,16,19-29H2,1-2H3/b10-8-,11-9-,17-14-,18-15-/t30-,31-/m0/s1. The maximum absolute atomic E-state index is 12.0. The Hall–Kier alpha value is -2.18. The summed E-state index contributed by atoms with van der Waals surface area (Å²) in [6.45, 7) is 3.56. The van der Waals surface area contributed by atoms with Crippen LogP contribution >= 0.6 is 0 Å². The first kappa shape index (κ1) is 36.8. The predicted octanol–water partition coefficient (Wildman–Crippen LogP) is 7.69. The first-order valence-corrected chi connectivity index (χ1v) is 15.2. The molecule has 6 heteroatoms. The summed E-state index contributed by atoms with van der Waals surface area (Å²) in [5.41, 5.74) is 0. The van der Waals surface area contributed by atoms with Crippen LogP contribution in [0, 0.1) is 0 Å². The van der Waals surface area contributed by atoms with Gasteiger partial charge in [0.1, 0.15) is 6.61 Å². The van der Waals surface area contributed by atoms with Crippen molar-refractivity contribution in [1.82, 2.24) is 0 Å². The highest BCUT2D eigenvalue weighted by atomic mass is 16.6. The van der Waals surface area contributed by atoms with E-state index in [4.69, 9.17) is 9.47 Å². The first-order valence-electron chi connectivity index (χ1n) is 15.2. The normalized spacial score (nSPS) is 13.6. The Morgan fingerprint density at radius 1 is 0.692 bits per heavy atom. The van der Waals surface area contributed by atoms with Crippen LogP contribution in [0.15, 0.2) is 48.6 Å². The highest BCUT2D eigenvalue weighted by Crippen LogP contribution is 2.09. The number of hydrogen-bond acceptors (Lipinski definition) is 6. The van der Waals surface area contributed by atoms with E-state index in [-0.39, 0.29) is 37.7 Å². The number of esters is 2. The lowest BCUT2D eigenvalue weighted by atomic mass is 10.1. The number of unbranched alkanes of at least 4 members (excludes halogenated alkanes) is 8. The van der Waals surface area contributed by atoms with Gasteiger partial charge in [0.15, 0.2) is 6.10 Å². The molecular formula is C33H56O6. The molecule has 0 bridgehead atoms. The molecule has 0 saturated heterocycles. The summed E-state index contributed by atoms with van der Waals surface area (Å²) in [5.74, 6) is -0.687. The minimum Gasteiger partial charge on any atom is -0.462 e. The molecule has 0 rings (SSSR count). The molecule has 39 heavy (non-hydrogen) atoms. The van der Waals surface area contributed by atoms with Crippen LogP contribution in [-0.2, 0) is 19.1 Å². The topological polar surface area (TPSA) is 93.1 Å². The zero-order valence-electron chi connectivity index (χ0n) is 24.7. The lowest BCUT2D eigenvalue weighted by Crippen LogP contribution is -2.28. The fourth-order valence-corrected chi connectivity index (χ4v) is 3.80. The smallest absolute Gasteiger partial charge is 0.306 e. The van der Waals surface area contributed by atoms with Gasteiger partial charge in [0.05, 0.1) is 12.7 Å². The third-order valence-corrected chi connectivity index (χ3v) is 6.14. The van der Waals surface area contributed by atoms with Gasteiger partial charge in [0.2, 0.25) is 0 Å². The fourth-order valence-electron chi connectivity index (χ4n) is 3.80. The summed E-state index contributed by atoms with van der Waals surface area (Å²) >= 11 is 0. The van der Waals surface area contributed by atoms with E-state index in [1.54, 1.807) is 0 Å². The zero-order valence-corrected chi connectivity index (χ0v) is 24.7. The van der Waals surface area contributed by atoms with Gasteiger partial charge in [0.25, 0.3) is 0 Å². The van der Waals surface area contributed by atoms with Crippen molar-refractivity contribution < 1.29 is 29.3 Å². The van der Waals surface area contributed by atoms with Gasteiger partial charge in [-0.1, -0.05) is 94.1 Å². The molecule has 0 amide bonds. The monoisotopic (exact) mass is 548 g/mol. The van der Waals surface area contributed by atoms with Crippen molar-refractivity contribution >= 4 is 11.9 Å². The number of rotatable bonds is 26. The minimum atomic E-state index is -0.804. The van der Waals surface area contributed by atoms with Crippen molar-refractivity contribution in [2.24, 2.45) is 0 Å². The van der Waals surface area contributed by atoms with Gasteiger partial charge in [-0.2, -0.15) is 0 Å².